The molecule has 0 spiro atoms. The smallest absolute Gasteiger partial charge is 0.307 e. The van der Waals surface area contributed by atoms with Gasteiger partial charge in [-0.1, -0.05) is 19.8 Å². The Hall–Kier alpha value is -0.570. The molecule has 0 aromatic carbocycles. The molecule has 0 heterocycles. The van der Waals surface area contributed by atoms with Crippen molar-refractivity contribution in [1.29, 1.82) is 0 Å². The van der Waals surface area contributed by atoms with Gasteiger partial charge >= 0.3 is 5.97 Å². The maximum atomic E-state index is 10.8. The third-order valence-electron chi connectivity index (χ3n) is 2.90. The van der Waals surface area contributed by atoms with E-state index in [1.165, 1.54) is 26.4 Å². The van der Waals surface area contributed by atoms with Gasteiger partial charge in [0.15, 0.2) is 0 Å². The van der Waals surface area contributed by atoms with E-state index in [2.05, 4.69) is 11.7 Å². The van der Waals surface area contributed by atoms with Crippen LogP contribution in [-0.4, -0.2) is 25.8 Å². The van der Waals surface area contributed by atoms with Gasteiger partial charge in [0.1, 0.15) is 0 Å². The van der Waals surface area contributed by atoms with Gasteiger partial charge in [0.05, 0.1) is 26.2 Å². The van der Waals surface area contributed by atoms with Gasteiger partial charge < -0.3 is 9.47 Å². The highest BCUT2D eigenvalue weighted by atomic mass is 16.5. The normalized spacial score (nSPS) is 27.3. The average Bonchev–Trinajstić information content (AvgIpc) is 2.20. The summed E-state index contributed by atoms with van der Waals surface area (Å²) in [6.07, 6.45) is 5.70. The van der Waals surface area contributed by atoms with Crippen LogP contribution in [-0.2, 0) is 14.3 Å². The number of hydrogen-bond donors (Lipinski definition) is 0. The van der Waals surface area contributed by atoms with Crippen molar-refractivity contribution in [2.45, 2.75) is 45.1 Å². The first kappa shape index (κ1) is 11.5. The molecular formula is C11H20O3. The molecule has 1 rings (SSSR count). The van der Waals surface area contributed by atoms with E-state index in [1.807, 2.05) is 0 Å². The van der Waals surface area contributed by atoms with E-state index in [0.717, 1.165) is 6.42 Å². The highest BCUT2D eigenvalue weighted by Gasteiger charge is 2.21. The summed E-state index contributed by atoms with van der Waals surface area (Å²) in [7, 11) is 1.41. The second-order valence-corrected chi connectivity index (χ2v) is 4.00. The zero-order chi connectivity index (χ0) is 10.4. The van der Waals surface area contributed by atoms with Crippen LogP contribution in [0.2, 0.25) is 0 Å². The summed E-state index contributed by atoms with van der Waals surface area (Å²) in [4.78, 5) is 10.8. The Labute approximate surface area is 85.8 Å². The van der Waals surface area contributed by atoms with E-state index in [9.17, 15) is 4.79 Å². The predicted molar refractivity (Wildman–Crippen MR) is 54.0 cm³/mol. The van der Waals surface area contributed by atoms with Crippen molar-refractivity contribution in [3.8, 4) is 0 Å². The van der Waals surface area contributed by atoms with Gasteiger partial charge in [-0.3, -0.25) is 4.79 Å². The van der Waals surface area contributed by atoms with Gasteiger partial charge in [-0.2, -0.15) is 0 Å². The summed E-state index contributed by atoms with van der Waals surface area (Å²) in [6.45, 7) is 2.73. The summed E-state index contributed by atoms with van der Waals surface area (Å²) in [5.41, 5.74) is 0. The molecule has 0 N–H and O–H groups in total. The number of carbonyl (C=O) groups excluding carboxylic acids is 1. The van der Waals surface area contributed by atoms with Crippen LogP contribution in [0.25, 0.3) is 0 Å². The lowest BCUT2D eigenvalue weighted by atomic mass is 9.88. The summed E-state index contributed by atoms with van der Waals surface area (Å²) < 4.78 is 10.2. The molecule has 1 aliphatic carbocycles. The molecule has 3 nitrogen and oxygen atoms in total. The Morgan fingerprint density at radius 2 is 2.07 bits per heavy atom. The molecule has 0 aromatic heterocycles. The summed E-state index contributed by atoms with van der Waals surface area (Å²) >= 11 is 0. The maximum Gasteiger partial charge on any atom is 0.307 e. The molecule has 0 bridgehead atoms. The van der Waals surface area contributed by atoms with Crippen LogP contribution in [0.5, 0.6) is 0 Å². The first-order valence-electron chi connectivity index (χ1n) is 5.42. The molecule has 82 valence electrons. The van der Waals surface area contributed by atoms with Crippen LogP contribution in [0, 0.1) is 5.92 Å². The Bertz CT molecular complexity index is 179. The van der Waals surface area contributed by atoms with Crippen molar-refractivity contribution in [2.24, 2.45) is 5.92 Å². The molecule has 1 fully saturated rings. The maximum absolute atomic E-state index is 10.8. The van der Waals surface area contributed by atoms with E-state index in [1.54, 1.807) is 0 Å². The molecule has 0 aromatic rings. The minimum atomic E-state index is -0.187. The highest BCUT2D eigenvalue weighted by Crippen LogP contribution is 2.26. The van der Waals surface area contributed by atoms with Crippen LogP contribution >= 0.6 is 0 Å². The monoisotopic (exact) mass is 200 g/mol. The number of carbonyl (C=O) groups is 1. The quantitative estimate of drug-likeness (QED) is 0.652. The van der Waals surface area contributed by atoms with Crippen LogP contribution in [0.15, 0.2) is 0 Å². The minimum Gasteiger partial charge on any atom is -0.469 e. The van der Waals surface area contributed by atoms with Gasteiger partial charge in [-0.05, 0) is 18.8 Å². The van der Waals surface area contributed by atoms with Crippen molar-refractivity contribution in [3.63, 3.8) is 0 Å². The summed E-state index contributed by atoms with van der Waals surface area (Å²) in [6, 6.07) is 0. The van der Waals surface area contributed by atoms with Crippen molar-refractivity contribution in [3.05, 3.63) is 0 Å². The van der Waals surface area contributed by atoms with Gasteiger partial charge in [-0.15, -0.1) is 0 Å². The largest absolute Gasteiger partial charge is 0.469 e. The predicted octanol–water partition coefficient (Wildman–Crippen LogP) is 2.14. The zero-order valence-electron chi connectivity index (χ0n) is 9.12. The second kappa shape index (κ2) is 6.02. The van der Waals surface area contributed by atoms with Gasteiger partial charge in [0.2, 0.25) is 0 Å². The molecule has 1 aliphatic rings. The first-order chi connectivity index (χ1) is 6.74. The molecule has 3 heteroatoms. The molecule has 0 amide bonds. The fraction of sp³-hybridized carbons (Fsp3) is 0.909. The number of hydrogen-bond acceptors (Lipinski definition) is 3. The third kappa shape index (κ3) is 3.66. The van der Waals surface area contributed by atoms with Crippen molar-refractivity contribution < 1.29 is 14.3 Å². The van der Waals surface area contributed by atoms with Crippen molar-refractivity contribution >= 4 is 5.97 Å². The Kier molecular flexibility index (Phi) is 4.94. The van der Waals surface area contributed by atoms with Crippen LogP contribution in [0.4, 0.5) is 0 Å². The van der Waals surface area contributed by atoms with E-state index >= 15 is 0 Å². The van der Waals surface area contributed by atoms with E-state index < -0.39 is 0 Å². The van der Waals surface area contributed by atoms with Gasteiger partial charge in [0, 0.05) is 0 Å². The third-order valence-corrected chi connectivity index (χ3v) is 2.90. The second-order valence-electron chi connectivity index (χ2n) is 4.00. The minimum absolute atomic E-state index is 0.187. The molecular weight excluding hydrogens is 180 g/mol. The molecule has 1 saturated carbocycles. The van der Waals surface area contributed by atoms with Crippen molar-refractivity contribution in [2.75, 3.05) is 13.7 Å². The lowest BCUT2D eigenvalue weighted by molar-refractivity contribution is -0.142. The molecule has 0 saturated heterocycles. The highest BCUT2D eigenvalue weighted by molar-refractivity contribution is 5.69. The van der Waals surface area contributed by atoms with E-state index in [4.69, 9.17) is 4.74 Å². The van der Waals surface area contributed by atoms with Crippen molar-refractivity contribution in [1.82, 2.24) is 0 Å². The average molecular weight is 200 g/mol. The molecule has 2 unspecified atom stereocenters. The Morgan fingerprint density at radius 3 is 2.71 bits per heavy atom. The topological polar surface area (TPSA) is 35.5 Å². The number of esters is 1. The molecule has 14 heavy (non-hydrogen) atoms. The fourth-order valence-electron chi connectivity index (χ4n) is 1.93. The lowest BCUT2D eigenvalue weighted by Gasteiger charge is -2.28. The van der Waals surface area contributed by atoms with Gasteiger partial charge in [-0.25, -0.2) is 0 Å². The SMILES string of the molecule is COC(=O)CCOC1CCCCC1C. The molecule has 2 atom stereocenters. The fourth-order valence-corrected chi connectivity index (χ4v) is 1.93. The van der Waals surface area contributed by atoms with E-state index in [0.29, 0.717) is 25.0 Å². The number of ether oxygens (including phenoxy) is 2. The summed E-state index contributed by atoms with van der Waals surface area (Å²) in [5, 5.41) is 0. The molecule has 0 radical (unpaired) electrons. The Morgan fingerprint density at radius 1 is 1.36 bits per heavy atom. The Balaban J connectivity index is 2.13. The van der Waals surface area contributed by atoms with E-state index in [-0.39, 0.29) is 5.97 Å². The van der Waals surface area contributed by atoms with Crippen LogP contribution in [0.3, 0.4) is 0 Å². The standard InChI is InChI=1S/C11H20O3/c1-9-5-3-4-6-10(9)14-8-7-11(12)13-2/h9-10H,3-8H2,1-2H3. The number of methoxy groups -OCH3 is 1. The zero-order valence-corrected chi connectivity index (χ0v) is 9.12. The molecule has 0 aliphatic heterocycles. The van der Waals surface area contributed by atoms with Crippen LogP contribution in [0.1, 0.15) is 39.0 Å². The lowest BCUT2D eigenvalue weighted by Crippen LogP contribution is -2.26. The number of rotatable bonds is 4. The summed E-state index contributed by atoms with van der Waals surface area (Å²) in [5.74, 6) is 0.454. The first-order valence-corrected chi connectivity index (χ1v) is 5.42. The van der Waals surface area contributed by atoms with Crippen LogP contribution < -0.4 is 0 Å². The van der Waals surface area contributed by atoms with Gasteiger partial charge in [0.25, 0.3) is 0 Å².